The Kier molecular flexibility index (Phi) is 9.09. The predicted molar refractivity (Wildman–Crippen MR) is 135 cm³/mol. The zero-order valence-electron chi connectivity index (χ0n) is 20.2. The van der Waals surface area contributed by atoms with E-state index in [1.165, 1.54) is 5.56 Å². The van der Waals surface area contributed by atoms with Crippen LogP contribution in [0.1, 0.15) is 44.1 Å². The van der Waals surface area contributed by atoms with Crippen LogP contribution in [0.15, 0.2) is 66.4 Å². The minimum absolute atomic E-state index is 0.346. The van der Waals surface area contributed by atoms with Crippen LogP contribution in [0.2, 0.25) is 0 Å². The maximum absolute atomic E-state index is 12.0. The first-order valence-corrected chi connectivity index (χ1v) is 12.6. The fraction of sp³-hybridized carbons (Fsp3) is 0.448. The number of carbonyl (C=O) groups excluding carboxylic acids is 1. The summed E-state index contributed by atoms with van der Waals surface area (Å²) in [5, 5.41) is 9.81. The van der Waals surface area contributed by atoms with Crippen LogP contribution in [0.3, 0.4) is 0 Å². The minimum Gasteiger partial charge on any atom is -0.494 e. The zero-order chi connectivity index (χ0) is 24.5. The summed E-state index contributed by atoms with van der Waals surface area (Å²) < 4.78 is 11.6. The van der Waals surface area contributed by atoms with E-state index in [1.807, 2.05) is 29.2 Å². The number of hydrogen-bond acceptors (Lipinski definition) is 5. The van der Waals surface area contributed by atoms with E-state index in [9.17, 15) is 14.7 Å². The monoisotopic (exact) mass is 477 g/mol. The summed E-state index contributed by atoms with van der Waals surface area (Å²) in [5.41, 5.74) is 3.40. The molecule has 1 aliphatic heterocycles. The molecule has 0 radical (unpaired) electrons. The van der Waals surface area contributed by atoms with Gasteiger partial charge < -0.3 is 14.6 Å². The molecule has 6 heteroatoms. The number of carbonyl (C=O) groups is 2. The van der Waals surface area contributed by atoms with E-state index < -0.39 is 12.0 Å². The van der Waals surface area contributed by atoms with Crippen LogP contribution in [0.5, 0.6) is 0 Å². The number of nitrogens with zero attached hydrogens (tertiary/aromatic N) is 1. The molecule has 2 fully saturated rings. The normalized spacial score (nSPS) is 20.1. The molecule has 6 nitrogen and oxygen atoms in total. The molecular weight excluding hydrogens is 442 g/mol. The first-order valence-electron chi connectivity index (χ1n) is 12.6. The molecule has 2 atom stereocenters. The Balaban J connectivity index is 1.40. The second kappa shape index (κ2) is 12.7. The van der Waals surface area contributed by atoms with Crippen molar-refractivity contribution in [3.05, 3.63) is 72.0 Å². The first kappa shape index (κ1) is 25.1. The van der Waals surface area contributed by atoms with E-state index in [2.05, 4.69) is 36.4 Å². The highest BCUT2D eigenvalue weighted by Crippen LogP contribution is 2.29. The number of aliphatic carboxylic acids is 1. The van der Waals surface area contributed by atoms with Gasteiger partial charge in [-0.1, -0.05) is 54.6 Å². The first-order chi connectivity index (χ1) is 17.1. The van der Waals surface area contributed by atoms with Gasteiger partial charge in [0.05, 0.1) is 19.0 Å². The highest BCUT2D eigenvalue weighted by atomic mass is 16.5. The molecule has 1 heterocycles. The molecule has 1 saturated heterocycles. The van der Waals surface area contributed by atoms with E-state index in [0.717, 1.165) is 36.1 Å². The molecule has 2 aromatic rings. The lowest BCUT2D eigenvalue weighted by atomic mass is 10.0. The van der Waals surface area contributed by atoms with Gasteiger partial charge in [-0.3, -0.25) is 14.5 Å². The van der Waals surface area contributed by atoms with Crippen LogP contribution in [-0.2, 0) is 25.7 Å². The van der Waals surface area contributed by atoms with Crippen molar-refractivity contribution in [2.75, 3.05) is 26.3 Å². The zero-order valence-corrected chi connectivity index (χ0v) is 20.2. The number of rotatable bonds is 11. The van der Waals surface area contributed by atoms with Crippen LogP contribution in [-0.4, -0.2) is 54.1 Å². The average Bonchev–Trinajstić information content (AvgIpc) is 3.31. The van der Waals surface area contributed by atoms with Crippen LogP contribution in [0, 0.1) is 5.92 Å². The maximum Gasteiger partial charge on any atom is 0.321 e. The fourth-order valence-corrected chi connectivity index (χ4v) is 4.86. The predicted octanol–water partition coefficient (Wildman–Crippen LogP) is 5.08. The number of hydrogen-bond donors (Lipinski definition) is 1. The lowest BCUT2D eigenvalue weighted by molar-refractivity contribution is -0.144. The van der Waals surface area contributed by atoms with E-state index >= 15 is 0 Å². The smallest absolute Gasteiger partial charge is 0.321 e. The van der Waals surface area contributed by atoms with Gasteiger partial charge in [0.2, 0.25) is 0 Å². The molecule has 1 saturated carbocycles. The summed E-state index contributed by atoms with van der Waals surface area (Å²) in [5.74, 6) is 0.740. The Bertz CT molecular complexity index is 995. The van der Waals surface area contributed by atoms with Crippen molar-refractivity contribution >= 4 is 11.8 Å². The molecule has 2 aromatic carbocycles. The molecule has 0 amide bonds. The topological polar surface area (TPSA) is 76.1 Å². The van der Waals surface area contributed by atoms with E-state index in [1.54, 1.807) is 0 Å². The highest BCUT2D eigenvalue weighted by Gasteiger charge is 2.27. The lowest BCUT2D eigenvalue weighted by Gasteiger charge is -2.31. The molecule has 1 aliphatic carbocycles. The second-order valence-corrected chi connectivity index (χ2v) is 9.45. The van der Waals surface area contributed by atoms with Crippen LogP contribution in [0.4, 0.5) is 0 Å². The third kappa shape index (κ3) is 7.51. The van der Waals surface area contributed by atoms with E-state index in [4.69, 9.17) is 9.47 Å². The quantitative estimate of drug-likeness (QED) is 0.455. The molecule has 35 heavy (non-hydrogen) atoms. The van der Waals surface area contributed by atoms with Gasteiger partial charge in [0.15, 0.2) is 0 Å². The number of carboxylic acids is 1. The summed E-state index contributed by atoms with van der Waals surface area (Å²) in [6, 6.07) is 18.0. The van der Waals surface area contributed by atoms with Crippen molar-refractivity contribution < 1.29 is 24.2 Å². The van der Waals surface area contributed by atoms with Gasteiger partial charge in [-0.25, -0.2) is 0 Å². The van der Waals surface area contributed by atoms with Gasteiger partial charge in [0.25, 0.3) is 0 Å². The summed E-state index contributed by atoms with van der Waals surface area (Å²) in [6.45, 7) is 2.80. The van der Waals surface area contributed by atoms with Gasteiger partial charge in [0.1, 0.15) is 18.4 Å². The SMILES string of the molecule is O=C1CCC(CC/C(=C\CC(C(=O)O)N2CCOCC2)OCc2ccc(-c3ccccc3)cc2)C1. The van der Waals surface area contributed by atoms with Gasteiger partial charge in [-0.15, -0.1) is 0 Å². The van der Waals surface area contributed by atoms with E-state index in [-0.39, 0.29) is 0 Å². The van der Waals surface area contributed by atoms with Crippen LogP contribution < -0.4 is 0 Å². The molecule has 2 aliphatic rings. The van der Waals surface area contributed by atoms with Crippen molar-refractivity contribution in [1.82, 2.24) is 4.90 Å². The Hall–Kier alpha value is -2.96. The lowest BCUT2D eigenvalue weighted by Crippen LogP contribution is -2.47. The molecule has 0 aromatic heterocycles. The van der Waals surface area contributed by atoms with Crippen LogP contribution >= 0.6 is 0 Å². The fourth-order valence-electron chi connectivity index (χ4n) is 4.86. The summed E-state index contributed by atoms with van der Waals surface area (Å²) in [4.78, 5) is 25.6. The Morgan fingerprint density at radius 1 is 1.09 bits per heavy atom. The number of ether oxygens (including phenoxy) is 2. The largest absolute Gasteiger partial charge is 0.494 e. The third-order valence-corrected chi connectivity index (χ3v) is 6.97. The maximum atomic E-state index is 12.0. The summed E-state index contributed by atoms with van der Waals surface area (Å²) in [6.07, 6.45) is 6.22. The summed E-state index contributed by atoms with van der Waals surface area (Å²) >= 11 is 0. The number of morpholine rings is 1. The average molecular weight is 478 g/mol. The van der Waals surface area contributed by atoms with Crippen molar-refractivity contribution in [2.45, 2.75) is 51.2 Å². The Labute approximate surface area is 207 Å². The van der Waals surface area contributed by atoms with Gasteiger partial charge in [-0.2, -0.15) is 0 Å². The molecular formula is C29H35NO5. The second-order valence-electron chi connectivity index (χ2n) is 9.45. The van der Waals surface area contributed by atoms with Crippen molar-refractivity contribution in [3.8, 4) is 11.1 Å². The van der Waals surface area contributed by atoms with Crippen LogP contribution in [0.25, 0.3) is 11.1 Å². The summed E-state index contributed by atoms with van der Waals surface area (Å²) in [7, 11) is 0. The van der Waals surface area contributed by atoms with Crippen molar-refractivity contribution in [2.24, 2.45) is 5.92 Å². The standard InChI is InChI=1S/C29H35NO5/c31-26-12-8-22(20-26)9-13-27(14-15-28(29(32)33)30-16-18-34-19-17-30)35-21-23-6-10-25(11-7-23)24-4-2-1-3-5-24/h1-7,10-11,14,22,28H,8-9,12-13,15-21H2,(H,32,33)/b27-14+. The van der Waals surface area contributed by atoms with Crippen molar-refractivity contribution in [1.29, 1.82) is 0 Å². The van der Waals surface area contributed by atoms with Gasteiger partial charge >= 0.3 is 5.97 Å². The van der Waals surface area contributed by atoms with Crippen molar-refractivity contribution in [3.63, 3.8) is 0 Å². The van der Waals surface area contributed by atoms with E-state index in [0.29, 0.717) is 63.9 Å². The molecule has 4 rings (SSSR count). The highest BCUT2D eigenvalue weighted by molar-refractivity contribution is 5.80. The molecule has 2 unspecified atom stereocenters. The number of carboxylic acid groups (broad SMARTS) is 1. The minimum atomic E-state index is -0.819. The molecule has 186 valence electrons. The number of allylic oxidation sites excluding steroid dienone is 1. The third-order valence-electron chi connectivity index (χ3n) is 6.97. The van der Waals surface area contributed by atoms with Gasteiger partial charge in [0, 0.05) is 32.4 Å². The molecule has 0 spiro atoms. The Morgan fingerprint density at radius 2 is 1.80 bits per heavy atom. The number of Topliss-reactive ketones (excluding diaryl/α,β-unsaturated/α-hetero) is 1. The number of benzene rings is 2. The molecule has 1 N–H and O–H groups in total. The number of ketones is 1. The Morgan fingerprint density at radius 3 is 2.46 bits per heavy atom. The van der Waals surface area contributed by atoms with Gasteiger partial charge in [-0.05, 0) is 47.9 Å². The molecule has 0 bridgehead atoms.